The molecule has 1 aliphatic rings. The summed E-state index contributed by atoms with van der Waals surface area (Å²) in [6.45, 7) is 14.3. The fourth-order valence-electron chi connectivity index (χ4n) is 3.43. The summed E-state index contributed by atoms with van der Waals surface area (Å²) in [6.07, 6.45) is 0. The Bertz CT molecular complexity index is 618. The van der Waals surface area contributed by atoms with Gasteiger partial charge in [0.2, 0.25) is 0 Å². The van der Waals surface area contributed by atoms with Gasteiger partial charge in [0.1, 0.15) is 5.75 Å². The number of methoxy groups -OCH3 is 1. The molecule has 2 unspecified atom stereocenters. The topological polar surface area (TPSA) is 48.9 Å². The van der Waals surface area contributed by atoms with Gasteiger partial charge in [-0.3, -0.25) is 9.89 Å². The lowest BCUT2D eigenvalue weighted by Crippen LogP contribution is -2.49. The summed E-state index contributed by atoms with van der Waals surface area (Å²) in [4.78, 5) is 6.96. The Morgan fingerprint density at radius 3 is 2.59 bits per heavy atom. The van der Waals surface area contributed by atoms with Crippen molar-refractivity contribution in [2.75, 3.05) is 33.8 Å². The molecule has 1 aromatic carbocycles. The lowest BCUT2D eigenvalue weighted by molar-refractivity contribution is 0.265. The Hall–Kier alpha value is -1.02. The summed E-state index contributed by atoms with van der Waals surface area (Å²) in [5.41, 5.74) is 1.22. The summed E-state index contributed by atoms with van der Waals surface area (Å²) < 4.78 is 5.37. The third-order valence-electron chi connectivity index (χ3n) is 5.47. The van der Waals surface area contributed by atoms with Crippen molar-refractivity contribution < 1.29 is 4.74 Å². The summed E-state index contributed by atoms with van der Waals surface area (Å²) in [7, 11) is 3.55. The molecule has 1 aliphatic heterocycles. The SMILES string of the molecule is CN=C(NCC(C)(C)c1cccc(OC)c1)NC1CN(C(C)C)CC1C.I. The number of nitrogens with zero attached hydrogens (tertiary/aromatic N) is 2. The Balaban J connectivity index is 0.00000364. The molecule has 2 rings (SSSR count). The molecule has 5 nitrogen and oxygen atoms in total. The van der Waals surface area contributed by atoms with Gasteiger partial charge >= 0.3 is 0 Å². The molecule has 0 bridgehead atoms. The number of ether oxygens (including phenoxy) is 1. The van der Waals surface area contributed by atoms with Crippen molar-refractivity contribution in [3.63, 3.8) is 0 Å². The monoisotopic (exact) mass is 488 g/mol. The maximum absolute atomic E-state index is 5.37. The fourth-order valence-corrected chi connectivity index (χ4v) is 3.43. The number of rotatable bonds is 6. The molecule has 1 saturated heterocycles. The normalized spacial score (nSPS) is 21.1. The molecule has 1 aromatic rings. The van der Waals surface area contributed by atoms with Crippen molar-refractivity contribution in [3.8, 4) is 5.75 Å². The fraction of sp³-hybridized carbons (Fsp3) is 0.667. The van der Waals surface area contributed by atoms with Gasteiger partial charge in [-0.2, -0.15) is 0 Å². The quantitative estimate of drug-likeness (QED) is 0.366. The predicted octanol–water partition coefficient (Wildman–Crippen LogP) is 3.48. The van der Waals surface area contributed by atoms with E-state index in [9.17, 15) is 0 Å². The molecule has 0 radical (unpaired) electrons. The van der Waals surface area contributed by atoms with Crippen LogP contribution in [0.1, 0.15) is 40.2 Å². The highest BCUT2D eigenvalue weighted by atomic mass is 127. The van der Waals surface area contributed by atoms with Crippen LogP contribution in [-0.4, -0.2) is 56.7 Å². The van der Waals surface area contributed by atoms with Crippen molar-refractivity contribution in [2.24, 2.45) is 10.9 Å². The second-order valence-electron chi connectivity index (χ2n) is 8.32. The van der Waals surface area contributed by atoms with E-state index >= 15 is 0 Å². The summed E-state index contributed by atoms with van der Waals surface area (Å²) >= 11 is 0. The van der Waals surface area contributed by atoms with Gasteiger partial charge in [-0.1, -0.05) is 32.9 Å². The second kappa shape index (κ2) is 10.5. The zero-order valence-electron chi connectivity index (χ0n) is 17.9. The Morgan fingerprint density at radius 2 is 2.04 bits per heavy atom. The lowest BCUT2D eigenvalue weighted by atomic mass is 9.84. The van der Waals surface area contributed by atoms with E-state index in [-0.39, 0.29) is 29.4 Å². The van der Waals surface area contributed by atoms with Gasteiger partial charge in [0.25, 0.3) is 0 Å². The number of guanidine groups is 1. The average Bonchev–Trinajstić information content (AvgIpc) is 2.99. The highest BCUT2D eigenvalue weighted by molar-refractivity contribution is 14.0. The highest BCUT2D eigenvalue weighted by Gasteiger charge is 2.31. The molecular weight excluding hydrogens is 451 g/mol. The van der Waals surface area contributed by atoms with Gasteiger partial charge in [0, 0.05) is 44.2 Å². The van der Waals surface area contributed by atoms with Crippen molar-refractivity contribution >= 4 is 29.9 Å². The Morgan fingerprint density at radius 1 is 1.33 bits per heavy atom. The molecule has 6 heteroatoms. The van der Waals surface area contributed by atoms with Gasteiger partial charge in [-0.25, -0.2) is 0 Å². The van der Waals surface area contributed by atoms with Crippen LogP contribution in [-0.2, 0) is 5.41 Å². The number of likely N-dealkylation sites (tertiary alicyclic amines) is 1. The third kappa shape index (κ3) is 6.52. The summed E-state index contributed by atoms with van der Waals surface area (Å²) in [6, 6.07) is 9.31. The molecule has 0 spiro atoms. The van der Waals surface area contributed by atoms with E-state index in [1.807, 2.05) is 19.2 Å². The number of nitrogens with one attached hydrogen (secondary N) is 2. The minimum Gasteiger partial charge on any atom is -0.497 e. The predicted molar refractivity (Wildman–Crippen MR) is 126 cm³/mol. The molecule has 1 heterocycles. The van der Waals surface area contributed by atoms with Crippen LogP contribution in [0.2, 0.25) is 0 Å². The first kappa shape index (κ1) is 24.0. The maximum Gasteiger partial charge on any atom is 0.191 e. The van der Waals surface area contributed by atoms with Crippen molar-refractivity contribution in [3.05, 3.63) is 29.8 Å². The van der Waals surface area contributed by atoms with Gasteiger partial charge in [-0.15, -0.1) is 24.0 Å². The van der Waals surface area contributed by atoms with Crippen LogP contribution in [0.25, 0.3) is 0 Å². The molecule has 2 atom stereocenters. The number of hydrogen-bond acceptors (Lipinski definition) is 3. The van der Waals surface area contributed by atoms with Crippen molar-refractivity contribution in [1.82, 2.24) is 15.5 Å². The molecule has 2 N–H and O–H groups in total. The molecule has 27 heavy (non-hydrogen) atoms. The number of hydrogen-bond donors (Lipinski definition) is 2. The first-order valence-corrected chi connectivity index (χ1v) is 9.62. The standard InChI is InChI=1S/C21H36N4O.HI/c1-15(2)25-12-16(3)19(13-25)24-20(22-6)23-14-21(4,5)17-9-8-10-18(11-17)26-7;/h8-11,15-16,19H,12-14H2,1-7H3,(H2,22,23,24);1H. The van der Waals surface area contributed by atoms with Crippen LogP contribution in [0.5, 0.6) is 5.75 Å². The van der Waals surface area contributed by atoms with Crippen LogP contribution in [0.4, 0.5) is 0 Å². The second-order valence-corrected chi connectivity index (χ2v) is 8.32. The maximum atomic E-state index is 5.37. The zero-order valence-corrected chi connectivity index (χ0v) is 20.2. The van der Waals surface area contributed by atoms with E-state index in [0.717, 1.165) is 31.3 Å². The van der Waals surface area contributed by atoms with Gasteiger partial charge in [-0.05, 0) is 37.5 Å². The lowest BCUT2D eigenvalue weighted by Gasteiger charge is -2.28. The van der Waals surface area contributed by atoms with Crippen LogP contribution < -0.4 is 15.4 Å². The molecule has 0 amide bonds. The number of aliphatic imine (C=N–C) groups is 1. The average molecular weight is 488 g/mol. The largest absolute Gasteiger partial charge is 0.497 e. The third-order valence-corrected chi connectivity index (χ3v) is 5.47. The number of halogens is 1. The van der Waals surface area contributed by atoms with Gasteiger partial charge < -0.3 is 15.4 Å². The van der Waals surface area contributed by atoms with Crippen LogP contribution >= 0.6 is 24.0 Å². The van der Waals surface area contributed by atoms with Crippen LogP contribution in [0, 0.1) is 5.92 Å². The van der Waals surface area contributed by atoms with E-state index in [0.29, 0.717) is 18.0 Å². The molecule has 1 fully saturated rings. The van der Waals surface area contributed by atoms with E-state index < -0.39 is 0 Å². The molecule has 0 aliphatic carbocycles. The van der Waals surface area contributed by atoms with Crippen LogP contribution in [0.15, 0.2) is 29.3 Å². The first-order chi connectivity index (χ1) is 12.3. The molecule has 154 valence electrons. The molecule has 0 aromatic heterocycles. The smallest absolute Gasteiger partial charge is 0.191 e. The van der Waals surface area contributed by atoms with E-state index in [1.54, 1.807) is 7.11 Å². The molecular formula is C21H37IN4O. The van der Waals surface area contributed by atoms with E-state index in [4.69, 9.17) is 4.74 Å². The van der Waals surface area contributed by atoms with Gasteiger partial charge in [0.15, 0.2) is 5.96 Å². The Kier molecular flexibility index (Phi) is 9.34. The molecule has 0 saturated carbocycles. The van der Waals surface area contributed by atoms with Crippen molar-refractivity contribution in [1.29, 1.82) is 0 Å². The number of benzene rings is 1. The minimum atomic E-state index is -0.0303. The minimum absolute atomic E-state index is 0. The van der Waals surface area contributed by atoms with E-state index in [2.05, 4.69) is 67.3 Å². The van der Waals surface area contributed by atoms with E-state index in [1.165, 1.54) is 5.56 Å². The first-order valence-electron chi connectivity index (χ1n) is 9.62. The summed E-state index contributed by atoms with van der Waals surface area (Å²) in [5, 5.41) is 7.14. The van der Waals surface area contributed by atoms with Crippen LogP contribution in [0.3, 0.4) is 0 Å². The Labute approximate surface area is 182 Å². The van der Waals surface area contributed by atoms with Crippen molar-refractivity contribution in [2.45, 2.75) is 52.1 Å². The van der Waals surface area contributed by atoms with Gasteiger partial charge in [0.05, 0.1) is 7.11 Å². The zero-order chi connectivity index (χ0) is 19.3. The highest BCUT2D eigenvalue weighted by Crippen LogP contribution is 2.26. The summed E-state index contributed by atoms with van der Waals surface area (Å²) in [5.74, 6) is 2.39.